The average Bonchev–Trinajstić information content (AvgIpc) is 2.49. The van der Waals surface area contributed by atoms with E-state index >= 15 is 0 Å². The number of amides is 1. The van der Waals surface area contributed by atoms with Gasteiger partial charge in [-0.05, 0) is 25.1 Å². The molecule has 116 valence electrons. The third-order valence-corrected chi connectivity index (χ3v) is 4.12. The van der Waals surface area contributed by atoms with Crippen molar-refractivity contribution >= 4 is 17.5 Å². The minimum absolute atomic E-state index is 0.157. The van der Waals surface area contributed by atoms with Gasteiger partial charge in [0.2, 0.25) is 5.91 Å². The van der Waals surface area contributed by atoms with E-state index in [1.54, 1.807) is 12.1 Å². The molecule has 6 heteroatoms. The van der Waals surface area contributed by atoms with Gasteiger partial charge in [-0.25, -0.2) is 4.39 Å². The van der Waals surface area contributed by atoms with Crippen LogP contribution in [0, 0.1) is 5.82 Å². The van der Waals surface area contributed by atoms with Crippen LogP contribution in [0.4, 0.5) is 4.39 Å². The van der Waals surface area contributed by atoms with Crippen molar-refractivity contribution in [1.29, 1.82) is 0 Å². The highest BCUT2D eigenvalue weighted by Gasteiger charge is 2.21. The van der Waals surface area contributed by atoms with Crippen LogP contribution in [-0.4, -0.2) is 48.4 Å². The van der Waals surface area contributed by atoms with Crippen LogP contribution >= 0.6 is 11.6 Å². The second kappa shape index (κ2) is 7.73. The third kappa shape index (κ3) is 4.40. The van der Waals surface area contributed by atoms with Gasteiger partial charge in [-0.2, -0.15) is 0 Å². The summed E-state index contributed by atoms with van der Waals surface area (Å²) in [7, 11) is 0. The molecule has 0 radical (unpaired) electrons. The van der Waals surface area contributed by atoms with E-state index in [1.807, 2.05) is 4.90 Å². The summed E-state index contributed by atoms with van der Waals surface area (Å²) in [5.74, 6) is -0.118. The van der Waals surface area contributed by atoms with E-state index in [0.717, 1.165) is 19.5 Å². The summed E-state index contributed by atoms with van der Waals surface area (Å²) in [6.45, 7) is 3.84. The molecule has 0 spiro atoms. The molecule has 1 aliphatic heterocycles. The molecule has 0 atom stereocenters. The summed E-state index contributed by atoms with van der Waals surface area (Å²) in [6.07, 6.45) is 1.24. The zero-order valence-corrected chi connectivity index (χ0v) is 12.8. The van der Waals surface area contributed by atoms with Gasteiger partial charge < -0.3 is 10.6 Å². The average molecular weight is 314 g/mol. The van der Waals surface area contributed by atoms with Gasteiger partial charge in [-0.15, -0.1) is 0 Å². The SMILES string of the molecule is NCCCC(=O)N1CCN(Cc2c(F)cccc2Cl)CC1. The van der Waals surface area contributed by atoms with E-state index in [-0.39, 0.29) is 11.7 Å². The number of hydrogen-bond donors (Lipinski definition) is 1. The van der Waals surface area contributed by atoms with E-state index in [9.17, 15) is 9.18 Å². The van der Waals surface area contributed by atoms with Crippen molar-refractivity contribution in [2.24, 2.45) is 5.73 Å². The fourth-order valence-electron chi connectivity index (χ4n) is 2.47. The maximum atomic E-state index is 13.8. The Morgan fingerprint density at radius 1 is 1.29 bits per heavy atom. The normalized spacial score (nSPS) is 16.2. The highest BCUT2D eigenvalue weighted by molar-refractivity contribution is 6.31. The van der Waals surface area contributed by atoms with Gasteiger partial charge in [-0.1, -0.05) is 17.7 Å². The van der Waals surface area contributed by atoms with Crippen molar-refractivity contribution < 1.29 is 9.18 Å². The van der Waals surface area contributed by atoms with Gasteiger partial charge in [0, 0.05) is 49.7 Å². The molecular formula is C15H21ClFN3O. The van der Waals surface area contributed by atoms with Crippen LogP contribution in [0.15, 0.2) is 18.2 Å². The maximum Gasteiger partial charge on any atom is 0.222 e. The molecule has 1 saturated heterocycles. The lowest BCUT2D eigenvalue weighted by Gasteiger charge is -2.35. The number of hydrogen-bond acceptors (Lipinski definition) is 3. The second-order valence-corrected chi connectivity index (χ2v) is 5.66. The molecular weight excluding hydrogens is 293 g/mol. The van der Waals surface area contributed by atoms with Gasteiger partial charge in [0.25, 0.3) is 0 Å². The molecule has 2 rings (SSSR count). The van der Waals surface area contributed by atoms with Crippen LogP contribution in [0.3, 0.4) is 0 Å². The highest BCUT2D eigenvalue weighted by atomic mass is 35.5. The van der Waals surface area contributed by atoms with E-state index in [2.05, 4.69) is 4.90 Å². The molecule has 1 fully saturated rings. The molecule has 0 unspecified atom stereocenters. The number of benzene rings is 1. The number of carbonyl (C=O) groups excluding carboxylic acids is 1. The predicted molar refractivity (Wildman–Crippen MR) is 81.6 cm³/mol. The molecule has 0 aliphatic carbocycles. The minimum atomic E-state index is -0.274. The first-order valence-corrected chi connectivity index (χ1v) is 7.62. The first-order chi connectivity index (χ1) is 10.1. The zero-order valence-electron chi connectivity index (χ0n) is 12.0. The molecule has 2 N–H and O–H groups in total. The number of rotatable bonds is 5. The number of nitrogens with two attached hydrogens (primary N) is 1. The highest BCUT2D eigenvalue weighted by Crippen LogP contribution is 2.21. The number of piperazine rings is 1. The molecule has 1 aromatic carbocycles. The smallest absolute Gasteiger partial charge is 0.222 e. The van der Waals surface area contributed by atoms with E-state index in [0.29, 0.717) is 43.2 Å². The molecule has 0 aromatic heterocycles. The number of carbonyl (C=O) groups is 1. The van der Waals surface area contributed by atoms with Gasteiger partial charge in [0.15, 0.2) is 0 Å². The largest absolute Gasteiger partial charge is 0.340 e. The van der Waals surface area contributed by atoms with Crippen molar-refractivity contribution in [2.75, 3.05) is 32.7 Å². The monoisotopic (exact) mass is 313 g/mol. The third-order valence-electron chi connectivity index (χ3n) is 3.76. The van der Waals surface area contributed by atoms with E-state index < -0.39 is 0 Å². The Bertz CT molecular complexity index is 470. The van der Waals surface area contributed by atoms with Gasteiger partial charge in [0.05, 0.1) is 0 Å². The Balaban J connectivity index is 1.86. The minimum Gasteiger partial charge on any atom is -0.340 e. The molecule has 21 heavy (non-hydrogen) atoms. The first-order valence-electron chi connectivity index (χ1n) is 7.25. The Hall–Kier alpha value is -1.17. The lowest BCUT2D eigenvalue weighted by Crippen LogP contribution is -2.48. The Labute approximate surface area is 129 Å². The van der Waals surface area contributed by atoms with Gasteiger partial charge in [-0.3, -0.25) is 9.69 Å². The molecule has 0 saturated carbocycles. The van der Waals surface area contributed by atoms with Crippen LogP contribution in [0.2, 0.25) is 5.02 Å². The van der Waals surface area contributed by atoms with Crippen LogP contribution in [0.25, 0.3) is 0 Å². The van der Waals surface area contributed by atoms with Gasteiger partial charge >= 0.3 is 0 Å². The molecule has 1 heterocycles. The molecule has 1 amide bonds. The van der Waals surface area contributed by atoms with Gasteiger partial charge in [0.1, 0.15) is 5.82 Å². The topological polar surface area (TPSA) is 49.6 Å². The number of nitrogens with zero attached hydrogens (tertiary/aromatic N) is 2. The lowest BCUT2D eigenvalue weighted by molar-refractivity contribution is -0.133. The first kappa shape index (κ1) is 16.2. The van der Waals surface area contributed by atoms with Crippen molar-refractivity contribution in [3.63, 3.8) is 0 Å². The summed E-state index contributed by atoms with van der Waals surface area (Å²) in [4.78, 5) is 15.9. The summed E-state index contributed by atoms with van der Waals surface area (Å²) < 4.78 is 13.8. The fraction of sp³-hybridized carbons (Fsp3) is 0.533. The van der Waals surface area contributed by atoms with Crippen molar-refractivity contribution in [2.45, 2.75) is 19.4 Å². The molecule has 0 bridgehead atoms. The maximum absolute atomic E-state index is 13.8. The Morgan fingerprint density at radius 3 is 2.62 bits per heavy atom. The molecule has 1 aliphatic rings. The van der Waals surface area contributed by atoms with E-state index in [4.69, 9.17) is 17.3 Å². The molecule has 1 aromatic rings. The summed E-state index contributed by atoms with van der Waals surface area (Å²) >= 11 is 6.04. The fourth-order valence-corrected chi connectivity index (χ4v) is 2.70. The van der Waals surface area contributed by atoms with Crippen LogP contribution in [0.5, 0.6) is 0 Å². The van der Waals surface area contributed by atoms with Crippen molar-refractivity contribution in [3.8, 4) is 0 Å². The standard InChI is InChI=1S/C15H21ClFN3O/c16-13-3-1-4-14(17)12(13)11-19-7-9-20(10-8-19)15(21)5-2-6-18/h1,3-4H,2,5-11,18H2. The number of halogens is 2. The van der Waals surface area contributed by atoms with E-state index in [1.165, 1.54) is 6.07 Å². The second-order valence-electron chi connectivity index (χ2n) is 5.25. The zero-order chi connectivity index (χ0) is 15.2. The van der Waals surface area contributed by atoms with Crippen LogP contribution in [-0.2, 0) is 11.3 Å². The summed E-state index contributed by atoms with van der Waals surface area (Å²) in [5, 5.41) is 0.455. The lowest BCUT2D eigenvalue weighted by atomic mass is 10.1. The Kier molecular flexibility index (Phi) is 5.96. The summed E-state index contributed by atoms with van der Waals surface area (Å²) in [6, 6.07) is 4.73. The van der Waals surface area contributed by atoms with Crippen molar-refractivity contribution in [3.05, 3.63) is 34.6 Å². The predicted octanol–water partition coefficient (Wildman–Crippen LogP) is 1.86. The molecule has 4 nitrogen and oxygen atoms in total. The van der Waals surface area contributed by atoms with Crippen LogP contribution < -0.4 is 5.73 Å². The Morgan fingerprint density at radius 2 is 2.00 bits per heavy atom. The van der Waals surface area contributed by atoms with Crippen LogP contribution in [0.1, 0.15) is 18.4 Å². The van der Waals surface area contributed by atoms with Crippen molar-refractivity contribution in [1.82, 2.24) is 9.80 Å². The quantitative estimate of drug-likeness (QED) is 0.903. The summed E-state index contributed by atoms with van der Waals surface area (Å²) in [5.41, 5.74) is 5.95.